The zero-order valence-corrected chi connectivity index (χ0v) is 16.3. The molecule has 0 radical (unpaired) electrons. The van der Waals surface area contributed by atoms with E-state index in [1.807, 2.05) is 6.07 Å². The van der Waals surface area contributed by atoms with Gasteiger partial charge in [0.1, 0.15) is 10.6 Å². The molecule has 0 unspecified atom stereocenters. The van der Waals surface area contributed by atoms with Gasteiger partial charge in [-0.25, -0.2) is 13.1 Å². The van der Waals surface area contributed by atoms with E-state index in [9.17, 15) is 8.42 Å². The zero-order valence-electron chi connectivity index (χ0n) is 15.4. The summed E-state index contributed by atoms with van der Waals surface area (Å²) in [7, 11) is -3.55. The molecule has 0 saturated carbocycles. The van der Waals surface area contributed by atoms with E-state index in [1.165, 1.54) is 5.56 Å². The van der Waals surface area contributed by atoms with Gasteiger partial charge >= 0.3 is 0 Å². The molecule has 2 heterocycles. The molecule has 1 aliphatic rings. The van der Waals surface area contributed by atoms with Crippen LogP contribution in [0.3, 0.4) is 0 Å². The van der Waals surface area contributed by atoms with E-state index in [1.54, 1.807) is 13.8 Å². The van der Waals surface area contributed by atoms with Crippen LogP contribution in [0.1, 0.15) is 36.3 Å². The largest absolute Gasteiger partial charge is 0.360 e. The number of likely N-dealkylation sites (tertiary alicyclic amines) is 1. The second-order valence-electron chi connectivity index (χ2n) is 7.04. The Kier molecular flexibility index (Phi) is 6.11. The number of sulfonamides is 1. The lowest BCUT2D eigenvalue weighted by Crippen LogP contribution is -2.35. The number of benzene rings is 1. The summed E-state index contributed by atoms with van der Waals surface area (Å²) in [5, 5.41) is 3.72. The summed E-state index contributed by atoms with van der Waals surface area (Å²) in [4.78, 5) is 2.65. The number of aromatic nitrogens is 1. The van der Waals surface area contributed by atoms with E-state index in [2.05, 4.69) is 39.0 Å². The van der Waals surface area contributed by atoms with Crippen LogP contribution in [0.25, 0.3) is 0 Å². The van der Waals surface area contributed by atoms with Crippen molar-refractivity contribution >= 4 is 10.0 Å². The predicted octanol–water partition coefficient (Wildman–Crippen LogP) is 2.87. The number of hydrogen-bond acceptors (Lipinski definition) is 5. The highest BCUT2D eigenvalue weighted by Gasteiger charge is 2.25. The van der Waals surface area contributed by atoms with E-state index in [4.69, 9.17) is 4.52 Å². The fourth-order valence-electron chi connectivity index (χ4n) is 3.60. The van der Waals surface area contributed by atoms with E-state index >= 15 is 0 Å². The summed E-state index contributed by atoms with van der Waals surface area (Å²) in [5.74, 6) is 0.901. The topological polar surface area (TPSA) is 75.4 Å². The first-order valence-electron chi connectivity index (χ1n) is 9.14. The first-order valence-corrected chi connectivity index (χ1v) is 10.6. The average Bonchev–Trinajstić information content (AvgIpc) is 2.96. The highest BCUT2D eigenvalue weighted by molar-refractivity contribution is 7.89. The number of hydrogen-bond donors (Lipinski definition) is 1. The van der Waals surface area contributed by atoms with E-state index in [0.29, 0.717) is 23.9 Å². The minimum atomic E-state index is -3.55. The third-order valence-electron chi connectivity index (χ3n) is 5.04. The maximum Gasteiger partial charge on any atom is 0.245 e. The molecule has 1 N–H and O–H groups in total. The fourth-order valence-corrected chi connectivity index (χ4v) is 4.98. The summed E-state index contributed by atoms with van der Waals surface area (Å²) < 4.78 is 32.5. The summed E-state index contributed by atoms with van der Waals surface area (Å²) in [6.07, 6.45) is 3.08. The number of rotatable bonds is 7. The number of piperidine rings is 1. The minimum Gasteiger partial charge on any atom is -0.360 e. The number of aryl methyl sites for hydroxylation is 2. The van der Waals surface area contributed by atoms with Crippen LogP contribution in [0.15, 0.2) is 39.8 Å². The fraction of sp³-hybridized carbons (Fsp3) is 0.526. The van der Waals surface area contributed by atoms with Crippen molar-refractivity contribution in [2.24, 2.45) is 5.92 Å². The minimum absolute atomic E-state index is 0.176. The third-order valence-corrected chi connectivity index (χ3v) is 6.74. The van der Waals surface area contributed by atoms with Crippen molar-refractivity contribution in [1.29, 1.82) is 0 Å². The van der Waals surface area contributed by atoms with E-state index in [0.717, 1.165) is 38.9 Å². The van der Waals surface area contributed by atoms with Crippen molar-refractivity contribution in [2.45, 2.75) is 44.6 Å². The molecule has 1 saturated heterocycles. The predicted molar refractivity (Wildman–Crippen MR) is 100 cm³/mol. The van der Waals surface area contributed by atoms with Crippen LogP contribution in [0.4, 0.5) is 0 Å². The monoisotopic (exact) mass is 377 g/mol. The van der Waals surface area contributed by atoms with Crippen LogP contribution in [0, 0.1) is 19.8 Å². The Bertz CT molecular complexity index is 790. The second kappa shape index (κ2) is 8.33. The maximum absolute atomic E-state index is 12.4. The van der Waals surface area contributed by atoms with Gasteiger partial charge in [-0.3, -0.25) is 4.90 Å². The summed E-state index contributed by atoms with van der Waals surface area (Å²) in [5.41, 5.74) is 1.75. The van der Waals surface area contributed by atoms with Gasteiger partial charge in [0.2, 0.25) is 10.0 Å². The SMILES string of the molecule is Cc1noc(C)c1S(=O)(=O)NCCC1CCN(Cc2ccccc2)CC1. The lowest BCUT2D eigenvalue weighted by atomic mass is 9.93. The van der Waals surface area contributed by atoms with Gasteiger partial charge in [0, 0.05) is 13.1 Å². The average molecular weight is 378 g/mol. The van der Waals surface area contributed by atoms with E-state index < -0.39 is 10.0 Å². The third kappa shape index (κ3) is 4.72. The molecule has 3 rings (SSSR count). The van der Waals surface area contributed by atoms with Crippen LogP contribution in [0.5, 0.6) is 0 Å². The molecule has 0 spiro atoms. The second-order valence-corrected chi connectivity index (χ2v) is 8.75. The van der Waals surface area contributed by atoms with Crippen LogP contribution >= 0.6 is 0 Å². The van der Waals surface area contributed by atoms with Gasteiger partial charge in [0.15, 0.2) is 5.76 Å². The van der Waals surface area contributed by atoms with Crippen molar-refractivity contribution in [3.8, 4) is 0 Å². The molecule has 7 heteroatoms. The molecule has 1 aromatic heterocycles. The Morgan fingerprint density at radius 3 is 2.50 bits per heavy atom. The molecule has 142 valence electrons. The normalized spacial score (nSPS) is 16.8. The van der Waals surface area contributed by atoms with Crippen LogP contribution < -0.4 is 4.72 Å². The van der Waals surface area contributed by atoms with Crippen molar-refractivity contribution < 1.29 is 12.9 Å². The molecule has 1 fully saturated rings. The van der Waals surface area contributed by atoms with Gasteiger partial charge in [-0.15, -0.1) is 0 Å². The van der Waals surface area contributed by atoms with E-state index in [-0.39, 0.29) is 4.90 Å². The van der Waals surface area contributed by atoms with Crippen LogP contribution in [-0.2, 0) is 16.6 Å². The molecule has 0 aliphatic carbocycles. The maximum atomic E-state index is 12.4. The van der Waals surface area contributed by atoms with Gasteiger partial charge in [-0.05, 0) is 57.7 Å². The molecule has 1 aromatic carbocycles. The van der Waals surface area contributed by atoms with Crippen molar-refractivity contribution in [3.63, 3.8) is 0 Å². The van der Waals surface area contributed by atoms with Crippen molar-refractivity contribution in [1.82, 2.24) is 14.8 Å². The number of nitrogens with one attached hydrogen (secondary N) is 1. The molecule has 2 aromatic rings. The van der Waals surface area contributed by atoms with Gasteiger partial charge in [0.05, 0.1) is 0 Å². The molecule has 0 atom stereocenters. The molecule has 1 aliphatic heterocycles. The Morgan fingerprint density at radius 2 is 1.88 bits per heavy atom. The van der Waals surface area contributed by atoms with Crippen LogP contribution in [0.2, 0.25) is 0 Å². The Labute approximate surface area is 155 Å². The summed E-state index contributed by atoms with van der Waals surface area (Å²) in [6, 6.07) is 10.5. The summed E-state index contributed by atoms with van der Waals surface area (Å²) in [6.45, 7) is 6.85. The zero-order chi connectivity index (χ0) is 18.6. The van der Waals surface area contributed by atoms with Crippen LogP contribution in [-0.4, -0.2) is 38.1 Å². The highest BCUT2D eigenvalue weighted by atomic mass is 32.2. The molecular weight excluding hydrogens is 350 g/mol. The molecule has 26 heavy (non-hydrogen) atoms. The molecular formula is C19H27N3O3S. The standard InChI is InChI=1S/C19H27N3O3S/c1-15-19(16(2)25-21-15)26(23,24)20-11-8-17-9-12-22(13-10-17)14-18-6-4-3-5-7-18/h3-7,17,20H,8-14H2,1-2H3. The quantitative estimate of drug-likeness (QED) is 0.803. The first-order chi connectivity index (χ1) is 12.5. The Balaban J connectivity index is 1.43. The smallest absolute Gasteiger partial charge is 0.245 e. The van der Waals surface area contributed by atoms with Crippen molar-refractivity contribution in [3.05, 3.63) is 47.3 Å². The Hall–Kier alpha value is -1.70. The highest BCUT2D eigenvalue weighted by Crippen LogP contribution is 2.22. The summed E-state index contributed by atoms with van der Waals surface area (Å²) >= 11 is 0. The van der Waals surface area contributed by atoms with Gasteiger partial charge < -0.3 is 4.52 Å². The Morgan fingerprint density at radius 1 is 1.19 bits per heavy atom. The van der Waals surface area contributed by atoms with Gasteiger partial charge in [-0.1, -0.05) is 35.5 Å². The lowest BCUT2D eigenvalue weighted by molar-refractivity contribution is 0.173. The lowest BCUT2D eigenvalue weighted by Gasteiger charge is -2.32. The van der Waals surface area contributed by atoms with Gasteiger partial charge in [-0.2, -0.15) is 0 Å². The number of nitrogens with zero attached hydrogens (tertiary/aromatic N) is 2. The molecule has 0 amide bonds. The molecule has 6 nitrogen and oxygen atoms in total. The van der Waals surface area contributed by atoms with Crippen molar-refractivity contribution in [2.75, 3.05) is 19.6 Å². The first kappa shape index (κ1) is 19.1. The van der Waals surface area contributed by atoms with Gasteiger partial charge in [0.25, 0.3) is 0 Å². The molecule has 0 bridgehead atoms.